The molecule has 0 atom stereocenters. The van der Waals surface area contributed by atoms with Gasteiger partial charge in [0, 0.05) is 19.5 Å². The molecule has 0 saturated heterocycles. The van der Waals surface area contributed by atoms with Crippen molar-refractivity contribution < 1.29 is 4.79 Å². The van der Waals surface area contributed by atoms with Crippen molar-refractivity contribution in [2.24, 2.45) is 0 Å². The fraction of sp³-hybridized carbons (Fsp3) is 0.421. The van der Waals surface area contributed by atoms with Crippen LogP contribution in [0.3, 0.4) is 0 Å². The molecule has 0 bridgehead atoms. The van der Waals surface area contributed by atoms with Crippen LogP contribution in [0.1, 0.15) is 47.1 Å². The number of amides is 1. The molecule has 1 aromatic carbocycles. The van der Waals surface area contributed by atoms with Crippen molar-refractivity contribution in [1.82, 2.24) is 34.8 Å². The second kappa shape index (κ2) is 8.11. The van der Waals surface area contributed by atoms with Gasteiger partial charge in [-0.25, -0.2) is 0 Å². The fourth-order valence-corrected chi connectivity index (χ4v) is 3.39. The molecule has 27 heavy (non-hydrogen) atoms. The number of hydrogen-bond acceptors (Lipinski definition) is 5. The second-order valence-corrected chi connectivity index (χ2v) is 6.76. The van der Waals surface area contributed by atoms with Gasteiger partial charge in [0.25, 0.3) is 5.91 Å². The largest absolute Gasteiger partial charge is 0.342 e. The Hall–Kier alpha value is -3.03. The minimum atomic E-state index is -0.215. The van der Waals surface area contributed by atoms with E-state index in [1.807, 2.05) is 27.3 Å². The van der Waals surface area contributed by atoms with E-state index in [9.17, 15) is 4.79 Å². The summed E-state index contributed by atoms with van der Waals surface area (Å²) in [6.07, 6.45) is 6.79. The Bertz CT molecular complexity index is 900. The molecular formula is C19H23N7O. The number of aromatic nitrogens is 6. The third-order valence-electron chi connectivity index (χ3n) is 4.90. The molecule has 1 N–H and O–H groups in total. The van der Waals surface area contributed by atoms with Crippen LogP contribution < -0.4 is 5.32 Å². The van der Waals surface area contributed by atoms with E-state index in [1.54, 1.807) is 6.33 Å². The molecule has 1 aliphatic heterocycles. The van der Waals surface area contributed by atoms with Crippen molar-refractivity contribution in [3.63, 3.8) is 0 Å². The minimum Gasteiger partial charge on any atom is -0.342 e. The van der Waals surface area contributed by atoms with E-state index in [2.05, 4.69) is 37.8 Å². The van der Waals surface area contributed by atoms with Crippen molar-refractivity contribution in [3.05, 3.63) is 59.7 Å². The Morgan fingerprint density at radius 3 is 2.85 bits per heavy atom. The van der Waals surface area contributed by atoms with E-state index >= 15 is 0 Å². The zero-order valence-corrected chi connectivity index (χ0v) is 15.2. The van der Waals surface area contributed by atoms with Crippen molar-refractivity contribution in [3.8, 4) is 0 Å². The van der Waals surface area contributed by atoms with Crippen molar-refractivity contribution in [2.75, 3.05) is 0 Å². The van der Waals surface area contributed by atoms with Gasteiger partial charge in [-0.2, -0.15) is 0 Å². The molecule has 2 aromatic heterocycles. The van der Waals surface area contributed by atoms with E-state index in [0.29, 0.717) is 12.4 Å². The molecule has 8 nitrogen and oxygen atoms in total. The standard InChI is InChI=1S/C19H23N7O/c27-19(18-24-23-16-9-5-2-6-11-26(16)18)20-13-17-22-21-14-25(17)12-10-15-7-3-1-4-8-15/h1,3-4,7-8,14H,2,5-6,9-13H2,(H,20,27). The molecule has 0 radical (unpaired) electrons. The van der Waals surface area contributed by atoms with Gasteiger partial charge in [-0.3, -0.25) is 4.79 Å². The van der Waals surface area contributed by atoms with Gasteiger partial charge < -0.3 is 14.5 Å². The van der Waals surface area contributed by atoms with Crippen molar-refractivity contribution in [2.45, 2.75) is 51.7 Å². The van der Waals surface area contributed by atoms with Gasteiger partial charge in [0.15, 0.2) is 5.82 Å². The molecule has 1 amide bonds. The number of rotatable bonds is 6. The Balaban J connectivity index is 1.37. The molecule has 0 aliphatic carbocycles. The summed E-state index contributed by atoms with van der Waals surface area (Å²) >= 11 is 0. The second-order valence-electron chi connectivity index (χ2n) is 6.76. The maximum absolute atomic E-state index is 12.6. The van der Waals surface area contributed by atoms with E-state index in [4.69, 9.17) is 0 Å². The van der Waals surface area contributed by atoms with E-state index in [-0.39, 0.29) is 5.91 Å². The average Bonchev–Trinajstić information content (AvgIpc) is 3.25. The highest BCUT2D eigenvalue weighted by Gasteiger charge is 2.20. The van der Waals surface area contributed by atoms with E-state index in [0.717, 1.165) is 56.8 Å². The van der Waals surface area contributed by atoms with Crippen LogP contribution in [0.5, 0.6) is 0 Å². The Labute approximate surface area is 157 Å². The first kappa shape index (κ1) is 17.4. The number of carbonyl (C=O) groups excluding carboxylic acids is 1. The van der Waals surface area contributed by atoms with Crippen LogP contribution in [-0.2, 0) is 32.5 Å². The zero-order chi connectivity index (χ0) is 18.5. The lowest BCUT2D eigenvalue weighted by atomic mass is 10.1. The normalized spacial score (nSPS) is 13.8. The smallest absolute Gasteiger partial charge is 0.289 e. The molecule has 3 heterocycles. The molecule has 140 valence electrons. The Morgan fingerprint density at radius 2 is 1.96 bits per heavy atom. The molecule has 0 fully saturated rings. The van der Waals surface area contributed by atoms with Gasteiger partial charge in [0.2, 0.25) is 5.82 Å². The summed E-state index contributed by atoms with van der Waals surface area (Å²) in [4.78, 5) is 12.6. The molecule has 3 aromatic rings. The summed E-state index contributed by atoms with van der Waals surface area (Å²) in [7, 11) is 0. The van der Waals surface area contributed by atoms with Crippen LogP contribution in [0.4, 0.5) is 0 Å². The van der Waals surface area contributed by atoms with Crippen LogP contribution >= 0.6 is 0 Å². The monoisotopic (exact) mass is 365 g/mol. The number of fused-ring (bicyclic) bond motifs is 1. The highest BCUT2D eigenvalue weighted by Crippen LogP contribution is 2.14. The Morgan fingerprint density at radius 1 is 1.07 bits per heavy atom. The average molecular weight is 365 g/mol. The lowest BCUT2D eigenvalue weighted by Gasteiger charge is -2.09. The summed E-state index contributed by atoms with van der Waals surface area (Å²) in [6, 6.07) is 10.3. The summed E-state index contributed by atoms with van der Waals surface area (Å²) in [6.45, 7) is 1.89. The van der Waals surface area contributed by atoms with Crippen molar-refractivity contribution in [1.29, 1.82) is 0 Å². The first-order chi connectivity index (χ1) is 13.3. The first-order valence-corrected chi connectivity index (χ1v) is 9.42. The Kier molecular flexibility index (Phi) is 5.22. The molecule has 0 saturated carbocycles. The predicted molar refractivity (Wildman–Crippen MR) is 98.9 cm³/mol. The molecule has 0 spiro atoms. The topological polar surface area (TPSA) is 90.5 Å². The number of carbonyl (C=O) groups is 1. The third-order valence-corrected chi connectivity index (χ3v) is 4.90. The van der Waals surface area contributed by atoms with Gasteiger partial charge in [-0.05, 0) is 24.8 Å². The molecule has 8 heteroatoms. The quantitative estimate of drug-likeness (QED) is 0.719. The van der Waals surface area contributed by atoms with Crippen LogP contribution in [-0.4, -0.2) is 35.4 Å². The van der Waals surface area contributed by atoms with Crippen molar-refractivity contribution >= 4 is 5.91 Å². The molecule has 1 aliphatic rings. The highest BCUT2D eigenvalue weighted by atomic mass is 16.2. The fourth-order valence-electron chi connectivity index (χ4n) is 3.39. The molecular weight excluding hydrogens is 342 g/mol. The summed E-state index contributed by atoms with van der Waals surface area (Å²) in [5, 5.41) is 19.3. The lowest BCUT2D eigenvalue weighted by molar-refractivity contribution is 0.0934. The molecule has 0 unspecified atom stereocenters. The number of benzene rings is 1. The van der Waals surface area contributed by atoms with Gasteiger partial charge >= 0.3 is 0 Å². The highest BCUT2D eigenvalue weighted by molar-refractivity contribution is 5.90. The van der Waals surface area contributed by atoms with E-state index in [1.165, 1.54) is 5.56 Å². The maximum atomic E-state index is 12.6. The van der Waals surface area contributed by atoms with Gasteiger partial charge in [0.05, 0.1) is 6.54 Å². The molecule has 4 rings (SSSR count). The first-order valence-electron chi connectivity index (χ1n) is 9.42. The maximum Gasteiger partial charge on any atom is 0.289 e. The zero-order valence-electron chi connectivity index (χ0n) is 15.2. The number of hydrogen-bond donors (Lipinski definition) is 1. The minimum absolute atomic E-state index is 0.215. The van der Waals surface area contributed by atoms with Crippen LogP contribution in [0.15, 0.2) is 36.7 Å². The third kappa shape index (κ3) is 4.05. The van der Waals surface area contributed by atoms with Gasteiger partial charge in [-0.15, -0.1) is 20.4 Å². The summed E-state index contributed by atoms with van der Waals surface area (Å²) in [5.41, 5.74) is 1.26. The van der Waals surface area contributed by atoms with Crippen LogP contribution in [0.2, 0.25) is 0 Å². The number of aryl methyl sites for hydroxylation is 3. The van der Waals surface area contributed by atoms with Gasteiger partial charge in [-0.1, -0.05) is 36.8 Å². The van der Waals surface area contributed by atoms with E-state index < -0.39 is 0 Å². The summed E-state index contributed by atoms with van der Waals surface area (Å²) in [5.74, 6) is 1.81. The van der Waals surface area contributed by atoms with Crippen LogP contribution in [0, 0.1) is 0 Å². The SMILES string of the molecule is O=C(NCc1nncn1CCc1ccccc1)c1nnc2n1CCCCC2. The summed E-state index contributed by atoms with van der Waals surface area (Å²) < 4.78 is 3.92. The van der Waals surface area contributed by atoms with Gasteiger partial charge in [0.1, 0.15) is 12.2 Å². The lowest BCUT2D eigenvalue weighted by Crippen LogP contribution is -2.28. The predicted octanol–water partition coefficient (Wildman–Crippen LogP) is 1.77. The number of nitrogens with one attached hydrogen (secondary N) is 1. The number of nitrogens with zero attached hydrogens (tertiary/aromatic N) is 6. The van der Waals surface area contributed by atoms with Crippen LogP contribution in [0.25, 0.3) is 0 Å².